The second kappa shape index (κ2) is 8.58. The molecule has 1 unspecified atom stereocenters. The van der Waals surface area contributed by atoms with Crippen molar-refractivity contribution >= 4 is 45.7 Å². The molecule has 1 aliphatic heterocycles. The number of rotatable bonds is 5. The van der Waals surface area contributed by atoms with Crippen molar-refractivity contribution in [3.63, 3.8) is 0 Å². The summed E-state index contributed by atoms with van der Waals surface area (Å²) in [5.41, 5.74) is 0.517. The molecule has 164 valence electrons. The molecule has 2 aromatic heterocycles. The summed E-state index contributed by atoms with van der Waals surface area (Å²) in [7, 11) is 0. The van der Waals surface area contributed by atoms with E-state index in [4.69, 9.17) is 49.0 Å². The van der Waals surface area contributed by atoms with Crippen LogP contribution in [0.25, 0.3) is 16.6 Å². The molecule has 0 radical (unpaired) electrons. The predicted octanol–water partition coefficient (Wildman–Crippen LogP) is 4.37. The minimum absolute atomic E-state index is 0.0825. The van der Waals surface area contributed by atoms with Gasteiger partial charge in [0.2, 0.25) is 5.88 Å². The van der Waals surface area contributed by atoms with Gasteiger partial charge in [-0.25, -0.2) is 4.98 Å². The molecular formula is C21H19Cl3N2O5. The van der Waals surface area contributed by atoms with E-state index in [1.54, 1.807) is 22.8 Å². The Morgan fingerprint density at radius 2 is 1.97 bits per heavy atom. The number of aliphatic hydroxyl groups is 1. The molecule has 1 N–H and O–H groups in total. The van der Waals surface area contributed by atoms with E-state index in [1.165, 1.54) is 12.3 Å². The number of aliphatic hydroxyl groups excluding tert-OH is 1. The van der Waals surface area contributed by atoms with Crippen molar-refractivity contribution < 1.29 is 19.3 Å². The zero-order valence-electron chi connectivity index (χ0n) is 16.7. The molecule has 3 aromatic rings. The second-order valence-corrected chi connectivity index (χ2v) is 8.68. The maximum atomic E-state index is 13.0. The Morgan fingerprint density at radius 3 is 2.58 bits per heavy atom. The number of halogens is 3. The van der Waals surface area contributed by atoms with Crippen LogP contribution in [0.15, 0.2) is 35.3 Å². The van der Waals surface area contributed by atoms with Gasteiger partial charge < -0.3 is 23.9 Å². The zero-order chi connectivity index (χ0) is 22.3. The average molecular weight is 486 g/mol. The highest BCUT2D eigenvalue weighted by atomic mass is 35.5. The van der Waals surface area contributed by atoms with Crippen LogP contribution in [0.1, 0.15) is 19.5 Å². The lowest BCUT2D eigenvalue weighted by Crippen LogP contribution is -2.25. The maximum absolute atomic E-state index is 13.0. The Kier molecular flexibility index (Phi) is 6.18. The van der Waals surface area contributed by atoms with Crippen molar-refractivity contribution in [2.45, 2.75) is 32.3 Å². The lowest BCUT2D eigenvalue weighted by Gasteiger charge is -2.20. The summed E-state index contributed by atoms with van der Waals surface area (Å²) in [6.45, 7) is 3.66. The molecule has 0 saturated carbocycles. The van der Waals surface area contributed by atoms with Crippen molar-refractivity contribution in [3.8, 4) is 11.6 Å². The highest BCUT2D eigenvalue weighted by Gasteiger charge is 2.33. The molecule has 0 bridgehead atoms. The quantitative estimate of drug-likeness (QED) is 0.578. The van der Waals surface area contributed by atoms with E-state index in [-0.39, 0.29) is 40.2 Å². The minimum Gasteiger partial charge on any atom is -0.474 e. The lowest BCUT2D eigenvalue weighted by atomic mass is 10.1. The van der Waals surface area contributed by atoms with Crippen LogP contribution in [0.2, 0.25) is 15.1 Å². The third-order valence-electron chi connectivity index (χ3n) is 4.82. The molecule has 4 rings (SSSR count). The second-order valence-electron chi connectivity index (χ2n) is 7.46. The van der Waals surface area contributed by atoms with Crippen LogP contribution in [-0.4, -0.2) is 39.8 Å². The molecule has 7 nitrogen and oxygen atoms in total. The van der Waals surface area contributed by atoms with Crippen molar-refractivity contribution in [2.75, 3.05) is 13.2 Å². The van der Waals surface area contributed by atoms with Gasteiger partial charge in [0.25, 0.3) is 0 Å². The van der Waals surface area contributed by atoms with E-state index < -0.39 is 17.8 Å². The summed E-state index contributed by atoms with van der Waals surface area (Å²) in [6, 6.07) is 6.28. The van der Waals surface area contributed by atoms with E-state index in [0.717, 1.165) is 0 Å². The summed E-state index contributed by atoms with van der Waals surface area (Å²) in [6.07, 6.45) is 1.05. The van der Waals surface area contributed by atoms with Gasteiger partial charge in [0, 0.05) is 6.07 Å². The zero-order valence-corrected chi connectivity index (χ0v) is 19.0. The number of hydrogen-bond donors (Lipinski definition) is 1. The molecule has 1 aliphatic rings. The minimum atomic E-state index is -0.701. The van der Waals surface area contributed by atoms with Gasteiger partial charge in [-0.1, -0.05) is 40.9 Å². The molecular weight excluding hydrogens is 467 g/mol. The number of nitrogens with zero attached hydrogens (tertiary/aromatic N) is 2. The molecule has 0 aliphatic carbocycles. The van der Waals surface area contributed by atoms with Gasteiger partial charge in [0.1, 0.15) is 18.1 Å². The first-order chi connectivity index (χ1) is 14.7. The molecule has 3 heterocycles. The van der Waals surface area contributed by atoms with Crippen molar-refractivity contribution in [1.82, 2.24) is 9.55 Å². The normalized spacial score (nSPS) is 17.9. The molecule has 0 amide bonds. The number of pyridine rings is 2. The highest BCUT2D eigenvalue weighted by Crippen LogP contribution is 2.36. The van der Waals surface area contributed by atoms with Crippen molar-refractivity contribution in [3.05, 3.63) is 61.4 Å². The summed E-state index contributed by atoms with van der Waals surface area (Å²) in [5.74, 6) is -0.619. The van der Waals surface area contributed by atoms with E-state index in [0.29, 0.717) is 22.3 Å². The Hall–Kier alpha value is -1.87. The third-order valence-corrected chi connectivity index (χ3v) is 5.71. The monoisotopic (exact) mass is 484 g/mol. The van der Waals surface area contributed by atoms with Gasteiger partial charge in [-0.3, -0.25) is 4.79 Å². The average Bonchev–Trinajstić information content (AvgIpc) is 3.07. The van der Waals surface area contributed by atoms with Crippen LogP contribution in [0.5, 0.6) is 5.88 Å². The van der Waals surface area contributed by atoms with Crippen LogP contribution in [0.3, 0.4) is 0 Å². The highest BCUT2D eigenvalue weighted by molar-refractivity contribution is 6.38. The maximum Gasteiger partial charge on any atom is 0.227 e. The number of aromatic nitrogens is 2. The summed E-state index contributed by atoms with van der Waals surface area (Å²) in [5, 5.41) is 10.9. The van der Waals surface area contributed by atoms with E-state index in [9.17, 15) is 9.90 Å². The number of para-hydroxylation sites is 1. The van der Waals surface area contributed by atoms with Gasteiger partial charge in [-0.2, -0.15) is 0 Å². The molecule has 31 heavy (non-hydrogen) atoms. The number of hydrogen-bond acceptors (Lipinski definition) is 6. The molecule has 1 saturated heterocycles. The fourth-order valence-corrected chi connectivity index (χ4v) is 4.33. The fourth-order valence-electron chi connectivity index (χ4n) is 3.53. The van der Waals surface area contributed by atoms with Crippen LogP contribution >= 0.6 is 34.8 Å². The largest absolute Gasteiger partial charge is 0.474 e. The Balaban J connectivity index is 1.88. The van der Waals surface area contributed by atoms with Gasteiger partial charge >= 0.3 is 0 Å². The van der Waals surface area contributed by atoms with Crippen LogP contribution in [0.4, 0.5) is 0 Å². The molecule has 1 atom stereocenters. The van der Waals surface area contributed by atoms with Gasteiger partial charge in [-0.05, 0) is 26.0 Å². The number of ether oxygens (including phenoxy) is 3. The van der Waals surface area contributed by atoms with Gasteiger partial charge in [-0.15, -0.1) is 0 Å². The molecule has 1 fully saturated rings. The Morgan fingerprint density at radius 1 is 1.26 bits per heavy atom. The van der Waals surface area contributed by atoms with Gasteiger partial charge in [0.15, 0.2) is 11.2 Å². The summed E-state index contributed by atoms with van der Waals surface area (Å²) < 4.78 is 18.7. The van der Waals surface area contributed by atoms with Crippen LogP contribution < -0.4 is 10.2 Å². The van der Waals surface area contributed by atoms with E-state index in [2.05, 4.69) is 4.98 Å². The molecule has 10 heteroatoms. The van der Waals surface area contributed by atoms with Crippen LogP contribution in [-0.2, 0) is 16.1 Å². The fraction of sp³-hybridized carbons (Fsp3) is 0.333. The standard InChI is InChI=1S/C21H19Cl3N2O5/c1-21(2)30-10-12(31-21)9-29-20-17-16(28)6-11(8-27)26(19(17)15(24)7-25-20)18-13(22)4-3-5-14(18)23/h3-7,12,27H,8-10H2,1-2H3. The smallest absolute Gasteiger partial charge is 0.227 e. The number of benzene rings is 1. The first-order valence-corrected chi connectivity index (χ1v) is 10.6. The molecule has 0 spiro atoms. The summed E-state index contributed by atoms with van der Waals surface area (Å²) >= 11 is 19.3. The summed E-state index contributed by atoms with van der Waals surface area (Å²) in [4.78, 5) is 17.2. The third kappa shape index (κ3) is 4.26. The topological polar surface area (TPSA) is 82.8 Å². The number of fused-ring (bicyclic) bond motifs is 1. The first-order valence-electron chi connectivity index (χ1n) is 9.45. The Labute approximate surface area is 193 Å². The predicted molar refractivity (Wildman–Crippen MR) is 119 cm³/mol. The first kappa shape index (κ1) is 22.3. The van der Waals surface area contributed by atoms with Gasteiger partial charge in [0.05, 0.1) is 51.4 Å². The lowest BCUT2D eigenvalue weighted by molar-refractivity contribution is -0.141. The van der Waals surface area contributed by atoms with Crippen molar-refractivity contribution in [2.24, 2.45) is 0 Å². The Bertz CT molecular complexity index is 1190. The SMILES string of the molecule is CC1(C)OCC(COc2ncc(Cl)c3c2c(=O)cc(CO)n3-c2c(Cl)cccc2Cl)O1. The van der Waals surface area contributed by atoms with Crippen LogP contribution in [0, 0.1) is 0 Å². The van der Waals surface area contributed by atoms with Crippen molar-refractivity contribution in [1.29, 1.82) is 0 Å². The molecule has 1 aromatic carbocycles. The van der Waals surface area contributed by atoms with E-state index in [1.807, 2.05) is 13.8 Å². The van der Waals surface area contributed by atoms with E-state index >= 15 is 0 Å².